The van der Waals surface area contributed by atoms with Crippen molar-refractivity contribution in [2.45, 2.75) is 18.9 Å². The number of hydrogen-bond donors (Lipinski definition) is 3. The molecule has 0 saturated heterocycles. The lowest BCUT2D eigenvalue weighted by atomic mass is 10.0. The Labute approximate surface area is 221 Å². The van der Waals surface area contributed by atoms with E-state index in [9.17, 15) is 9.59 Å². The number of carbonyl (C=O) groups excluding carboxylic acids is 2. The highest BCUT2D eigenvalue weighted by Crippen LogP contribution is 2.32. The van der Waals surface area contributed by atoms with Crippen molar-refractivity contribution in [2.75, 3.05) is 18.4 Å². The van der Waals surface area contributed by atoms with Gasteiger partial charge in [0.05, 0.1) is 0 Å². The van der Waals surface area contributed by atoms with Gasteiger partial charge in [0.25, 0.3) is 5.91 Å². The van der Waals surface area contributed by atoms with Crippen molar-refractivity contribution in [2.24, 2.45) is 5.73 Å². The highest BCUT2D eigenvalue weighted by Gasteiger charge is 2.32. The molecule has 0 spiro atoms. The summed E-state index contributed by atoms with van der Waals surface area (Å²) in [6, 6.07) is 22.0. The highest BCUT2D eigenvalue weighted by molar-refractivity contribution is 9.11. The molecule has 0 aliphatic heterocycles. The minimum absolute atomic E-state index is 0.150. The van der Waals surface area contributed by atoms with Crippen molar-refractivity contribution in [1.82, 2.24) is 9.88 Å². The predicted molar refractivity (Wildman–Crippen MR) is 147 cm³/mol. The maximum absolute atomic E-state index is 13.7. The molecule has 180 valence electrons. The van der Waals surface area contributed by atoms with Crippen molar-refractivity contribution in [3.05, 3.63) is 99.1 Å². The minimum atomic E-state index is -0.845. The second-order valence-corrected chi connectivity index (χ2v) is 9.93. The van der Waals surface area contributed by atoms with Crippen molar-refractivity contribution in [3.8, 4) is 0 Å². The number of nitrogens with two attached hydrogens (primary N) is 1. The Balaban J connectivity index is 1.71. The van der Waals surface area contributed by atoms with E-state index in [-0.39, 0.29) is 24.8 Å². The summed E-state index contributed by atoms with van der Waals surface area (Å²) in [6.07, 6.45) is 2.70. The molecule has 0 aliphatic rings. The number of aromatic amines is 1. The Bertz CT molecular complexity index is 1320. The van der Waals surface area contributed by atoms with Gasteiger partial charge in [0.15, 0.2) is 0 Å². The van der Waals surface area contributed by atoms with E-state index in [0.717, 1.165) is 25.4 Å². The van der Waals surface area contributed by atoms with Gasteiger partial charge in [0, 0.05) is 51.2 Å². The molecule has 35 heavy (non-hydrogen) atoms. The first-order chi connectivity index (χ1) is 17.0. The Morgan fingerprint density at radius 2 is 1.74 bits per heavy atom. The van der Waals surface area contributed by atoms with Crippen molar-refractivity contribution in [1.29, 1.82) is 0 Å². The molecule has 4 rings (SSSR count). The van der Waals surface area contributed by atoms with Crippen molar-refractivity contribution < 1.29 is 9.59 Å². The second kappa shape index (κ2) is 11.7. The van der Waals surface area contributed by atoms with Crippen LogP contribution in [0.5, 0.6) is 0 Å². The molecule has 4 aromatic rings. The molecule has 1 atom stereocenters. The SMILES string of the molecule is NCCC(=O)N(CCc1c[nH]c2ccccc12)C(C(=O)Nc1ccccc1)c1ccc(Br)cc1Br. The molecule has 1 aromatic heterocycles. The van der Waals surface area contributed by atoms with Crippen LogP contribution in [0.1, 0.15) is 23.6 Å². The van der Waals surface area contributed by atoms with Crippen LogP contribution in [0, 0.1) is 0 Å². The molecule has 1 heterocycles. The normalized spacial score (nSPS) is 11.9. The Morgan fingerprint density at radius 3 is 2.49 bits per heavy atom. The van der Waals surface area contributed by atoms with Gasteiger partial charge in [-0.2, -0.15) is 0 Å². The van der Waals surface area contributed by atoms with E-state index in [1.54, 1.807) is 4.90 Å². The number of carbonyl (C=O) groups is 2. The van der Waals surface area contributed by atoms with E-state index < -0.39 is 6.04 Å². The fourth-order valence-corrected chi connectivity index (χ4v) is 5.41. The van der Waals surface area contributed by atoms with E-state index in [1.165, 1.54) is 0 Å². The number of rotatable bonds is 9. The molecule has 0 saturated carbocycles. The van der Waals surface area contributed by atoms with Gasteiger partial charge in [-0.05, 0) is 47.9 Å². The zero-order valence-corrected chi connectivity index (χ0v) is 22.2. The maximum atomic E-state index is 13.7. The first-order valence-corrected chi connectivity index (χ1v) is 12.9. The number of H-pyrrole nitrogens is 1. The average molecular weight is 598 g/mol. The Hall–Kier alpha value is -2.94. The van der Waals surface area contributed by atoms with Gasteiger partial charge >= 0.3 is 0 Å². The summed E-state index contributed by atoms with van der Waals surface area (Å²) in [7, 11) is 0. The molecule has 0 aliphatic carbocycles. The standard InChI is InChI=1S/C27H26Br2N4O2/c28-19-10-11-22(23(29)16-19)26(27(35)32-20-6-2-1-3-7-20)33(25(34)12-14-30)15-13-18-17-31-24-9-5-4-8-21(18)24/h1-11,16-17,26,31H,12-15,30H2,(H,32,35). The second-order valence-electron chi connectivity index (χ2n) is 8.16. The van der Waals surface area contributed by atoms with Gasteiger partial charge in [-0.3, -0.25) is 9.59 Å². The van der Waals surface area contributed by atoms with Crippen LogP contribution in [0.3, 0.4) is 0 Å². The van der Waals surface area contributed by atoms with E-state index in [1.807, 2.05) is 72.9 Å². The zero-order chi connectivity index (χ0) is 24.8. The Kier molecular flexibility index (Phi) is 8.38. The molecular formula is C27H26Br2N4O2. The molecule has 0 fully saturated rings. The number of nitrogens with zero attached hydrogens (tertiary/aromatic N) is 1. The number of amides is 2. The number of hydrogen-bond acceptors (Lipinski definition) is 3. The Morgan fingerprint density at radius 1 is 1.00 bits per heavy atom. The van der Waals surface area contributed by atoms with Crippen LogP contribution in [-0.4, -0.2) is 34.8 Å². The summed E-state index contributed by atoms with van der Waals surface area (Å²) in [6.45, 7) is 0.563. The van der Waals surface area contributed by atoms with E-state index in [2.05, 4.69) is 48.2 Å². The lowest BCUT2D eigenvalue weighted by Crippen LogP contribution is -2.43. The minimum Gasteiger partial charge on any atom is -0.361 e. The number of anilines is 1. The largest absolute Gasteiger partial charge is 0.361 e. The summed E-state index contributed by atoms with van der Waals surface area (Å²) in [4.78, 5) is 32.0. The number of aromatic nitrogens is 1. The molecule has 0 radical (unpaired) electrons. The van der Waals surface area contributed by atoms with Crippen LogP contribution in [0.15, 0.2) is 87.9 Å². The fourth-order valence-electron chi connectivity index (χ4n) is 4.15. The van der Waals surface area contributed by atoms with Gasteiger partial charge in [-0.1, -0.05) is 74.3 Å². The fraction of sp³-hybridized carbons (Fsp3) is 0.185. The molecular weight excluding hydrogens is 572 g/mol. The topological polar surface area (TPSA) is 91.2 Å². The molecule has 1 unspecified atom stereocenters. The zero-order valence-electron chi connectivity index (χ0n) is 19.0. The number of para-hydroxylation sites is 2. The van der Waals surface area contributed by atoms with Gasteiger partial charge in [0.2, 0.25) is 5.91 Å². The maximum Gasteiger partial charge on any atom is 0.251 e. The number of halogens is 2. The first-order valence-electron chi connectivity index (χ1n) is 11.3. The van der Waals surface area contributed by atoms with Gasteiger partial charge < -0.3 is 20.9 Å². The van der Waals surface area contributed by atoms with Gasteiger partial charge in [0.1, 0.15) is 6.04 Å². The van der Waals surface area contributed by atoms with Crippen LogP contribution in [0.25, 0.3) is 10.9 Å². The molecule has 3 aromatic carbocycles. The molecule has 4 N–H and O–H groups in total. The molecule has 6 nitrogen and oxygen atoms in total. The highest BCUT2D eigenvalue weighted by atomic mass is 79.9. The van der Waals surface area contributed by atoms with E-state index >= 15 is 0 Å². The lowest BCUT2D eigenvalue weighted by molar-refractivity contribution is -0.138. The first kappa shape index (κ1) is 25.2. The number of fused-ring (bicyclic) bond motifs is 1. The van der Waals surface area contributed by atoms with Crippen molar-refractivity contribution in [3.63, 3.8) is 0 Å². The third kappa shape index (κ3) is 6.01. The summed E-state index contributed by atoms with van der Waals surface area (Å²) in [5.41, 5.74) is 9.24. The average Bonchev–Trinajstić information content (AvgIpc) is 3.26. The van der Waals surface area contributed by atoms with Crippen LogP contribution >= 0.6 is 31.9 Å². The summed E-state index contributed by atoms with van der Waals surface area (Å²) in [5.74, 6) is -0.459. The molecule has 2 amide bonds. The van der Waals surface area contributed by atoms with Crippen LogP contribution in [0.4, 0.5) is 5.69 Å². The lowest BCUT2D eigenvalue weighted by Gasteiger charge is -2.32. The molecule has 8 heteroatoms. The summed E-state index contributed by atoms with van der Waals surface area (Å²) in [5, 5.41) is 4.09. The number of benzene rings is 3. The van der Waals surface area contributed by atoms with Crippen LogP contribution in [-0.2, 0) is 16.0 Å². The smallest absolute Gasteiger partial charge is 0.251 e. The van der Waals surface area contributed by atoms with E-state index in [0.29, 0.717) is 24.2 Å². The third-order valence-corrected chi connectivity index (χ3v) is 7.01. The van der Waals surface area contributed by atoms with Crippen LogP contribution < -0.4 is 11.1 Å². The van der Waals surface area contributed by atoms with Gasteiger partial charge in [-0.25, -0.2) is 0 Å². The predicted octanol–water partition coefficient (Wildman–Crippen LogP) is 5.79. The van der Waals surface area contributed by atoms with Crippen molar-refractivity contribution >= 4 is 60.3 Å². The monoisotopic (exact) mass is 596 g/mol. The van der Waals surface area contributed by atoms with Gasteiger partial charge in [-0.15, -0.1) is 0 Å². The van der Waals surface area contributed by atoms with Crippen LogP contribution in [0.2, 0.25) is 0 Å². The molecule has 0 bridgehead atoms. The summed E-state index contributed by atoms with van der Waals surface area (Å²) >= 11 is 7.08. The van der Waals surface area contributed by atoms with E-state index in [4.69, 9.17) is 5.73 Å². The number of nitrogens with one attached hydrogen (secondary N) is 2. The summed E-state index contributed by atoms with van der Waals surface area (Å²) < 4.78 is 1.60. The third-order valence-electron chi connectivity index (χ3n) is 5.83. The quantitative estimate of drug-likeness (QED) is 0.228.